The molecule has 1 unspecified atom stereocenters. The van der Waals surface area contributed by atoms with E-state index in [9.17, 15) is 8.42 Å². The second-order valence-electron chi connectivity index (χ2n) is 6.53. The van der Waals surface area contributed by atoms with Crippen LogP contribution in [0.25, 0.3) is 0 Å². The van der Waals surface area contributed by atoms with Gasteiger partial charge in [0, 0.05) is 30.9 Å². The van der Waals surface area contributed by atoms with Crippen LogP contribution >= 0.6 is 0 Å². The Labute approximate surface area is 144 Å². The Kier molecular flexibility index (Phi) is 6.50. The fraction of sp³-hybridized carbons (Fsp3) is 0.733. The highest BCUT2D eigenvalue weighted by molar-refractivity contribution is 7.93. The van der Waals surface area contributed by atoms with Gasteiger partial charge >= 0.3 is 0 Å². The van der Waals surface area contributed by atoms with Crippen LogP contribution in [0.4, 0.5) is 5.82 Å². The predicted octanol–water partition coefficient (Wildman–Crippen LogP) is -0.123. The summed E-state index contributed by atoms with van der Waals surface area (Å²) in [5.74, 6) is 0.289. The highest BCUT2D eigenvalue weighted by Gasteiger charge is 2.32. The van der Waals surface area contributed by atoms with Gasteiger partial charge in [-0.25, -0.2) is 18.4 Å². The molecule has 0 saturated carbocycles. The van der Waals surface area contributed by atoms with Crippen LogP contribution in [0.5, 0.6) is 0 Å². The van der Waals surface area contributed by atoms with Crippen molar-refractivity contribution in [2.45, 2.75) is 43.6 Å². The summed E-state index contributed by atoms with van der Waals surface area (Å²) in [6.45, 7) is 5.47. The van der Waals surface area contributed by atoms with Gasteiger partial charge in [0.1, 0.15) is 12.1 Å². The average Bonchev–Trinajstić information content (AvgIpc) is 2.55. The lowest BCUT2D eigenvalue weighted by Gasteiger charge is -2.39. The van der Waals surface area contributed by atoms with E-state index in [-0.39, 0.29) is 17.9 Å². The van der Waals surface area contributed by atoms with Gasteiger partial charge in [0.15, 0.2) is 0 Å². The van der Waals surface area contributed by atoms with E-state index in [1.54, 1.807) is 6.92 Å². The van der Waals surface area contributed by atoms with Crippen LogP contribution in [0.3, 0.4) is 0 Å². The molecule has 2 heterocycles. The Morgan fingerprint density at radius 1 is 1.38 bits per heavy atom. The lowest BCUT2D eigenvalue weighted by molar-refractivity contribution is 0.180. The maximum atomic E-state index is 12.6. The maximum absolute atomic E-state index is 12.6. The lowest BCUT2D eigenvalue weighted by Crippen LogP contribution is -2.60. The quantitative estimate of drug-likeness (QED) is 0.626. The highest BCUT2D eigenvalue weighted by atomic mass is 32.2. The number of nitrogens with zero attached hydrogens (tertiary/aromatic N) is 3. The van der Waals surface area contributed by atoms with Crippen molar-refractivity contribution in [3.05, 3.63) is 18.6 Å². The summed E-state index contributed by atoms with van der Waals surface area (Å²) in [5, 5.41) is 6.30. The molecule has 2 rings (SSSR count). The first-order chi connectivity index (χ1) is 11.3. The molecule has 136 valence electrons. The summed E-state index contributed by atoms with van der Waals surface area (Å²) in [6, 6.07) is 1.95. The van der Waals surface area contributed by atoms with Crippen molar-refractivity contribution >= 4 is 15.8 Å². The van der Waals surface area contributed by atoms with Crippen LogP contribution in [-0.4, -0.2) is 73.8 Å². The molecule has 0 bridgehead atoms. The molecule has 0 spiro atoms. The van der Waals surface area contributed by atoms with Gasteiger partial charge in [-0.15, -0.1) is 0 Å². The van der Waals surface area contributed by atoms with Crippen molar-refractivity contribution in [1.82, 2.24) is 25.5 Å². The number of likely N-dealkylation sites (N-methyl/N-ethyl adjacent to an activating group) is 1. The summed E-state index contributed by atoms with van der Waals surface area (Å²) >= 11 is 0. The molecule has 1 fully saturated rings. The van der Waals surface area contributed by atoms with Crippen molar-refractivity contribution < 1.29 is 8.42 Å². The number of piperidine rings is 1. The van der Waals surface area contributed by atoms with Gasteiger partial charge in [0.05, 0.1) is 5.25 Å². The average molecular weight is 356 g/mol. The second kappa shape index (κ2) is 8.19. The molecule has 0 aromatic carbocycles. The Morgan fingerprint density at radius 3 is 2.75 bits per heavy atom. The minimum Gasteiger partial charge on any atom is -0.315 e. The number of sulfonamides is 1. The van der Waals surface area contributed by atoms with E-state index in [4.69, 9.17) is 0 Å². The van der Waals surface area contributed by atoms with E-state index in [1.165, 1.54) is 18.6 Å². The molecule has 9 heteroatoms. The minimum absolute atomic E-state index is 0.185. The molecule has 8 nitrogen and oxygen atoms in total. The van der Waals surface area contributed by atoms with E-state index in [0.717, 1.165) is 19.5 Å². The first kappa shape index (κ1) is 19.0. The standard InChI is InChI=1S/C15H28N6O2S/c1-11(19-13-5-7-16-9-14(13)21(3)4)12(2)24(22,23)20-15-6-8-17-10-18-15/h6,8,10-14,16,19H,5,7,9H2,1-4H3,(H,17,18,20)/t11?,12-,13-,14-/m0/s1. The third-order valence-corrected chi connectivity index (χ3v) is 6.49. The van der Waals surface area contributed by atoms with Crippen LogP contribution in [0, 0.1) is 0 Å². The Morgan fingerprint density at radius 2 is 2.12 bits per heavy atom. The highest BCUT2D eigenvalue weighted by Crippen LogP contribution is 2.15. The number of aromatic nitrogens is 2. The molecule has 4 atom stereocenters. The van der Waals surface area contributed by atoms with Crippen molar-refractivity contribution in [2.75, 3.05) is 31.9 Å². The minimum atomic E-state index is -3.53. The number of rotatable bonds is 7. The zero-order chi connectivity index (χ0) is 17.7. The summed E-state index contributed by atoms with van der Waals surface area (Å²) in [4.78, 5) is 9.88. The van der Waals surface area contributed by atoms with Crippen LogP contribution in [-0.2, 0) is 10.0 Å². The molecule has 24 heavy (non-hydrogen) atoms. The first-order valence-corrected chi connectivity index (χ1v) is 9.76. The van der Waals surface area contributed by atoms with E-state index >= 15 is 0 Å². The Balaban J connectivity index is 2.01. The first-order valence-electron chi connectivity index (χ1n) is 8.22. The number of hydrogen-bond donors (Lipinski definition) is 3. The second-order valence-corrected chi connectivity index (χ2v) is 8.57. The lowest BCUT2D eigenvalue weighted by atomic mass is 9.98. The number of anilines is 1. The molecule has 0 amide bonds. The predicted molar refractivity (Wildman–Crippen MR) is 95.4 cm³/mol. The molecule has 0 aliphatic carbocycles. The van der Waals surface area contributed by atoms with Crippen LogP contribution in [0.1, 0.15) is 20.3 Å². The van der Waals surface area contributed by atoms with Crippen molar-refractivity contribution in [2.24, 2.45) is 0 Å². The van der Waals surface area contributed by atoms with Gasteiger partial charge < -0.3 is 15.5 Å². The molecule has 0 radical (unpaired) electrons. The fourth-order valence-corrected chi connectivity index (χ4v) is 4.12. The number of nitrogens with one attached hydrogen (secondary N) is 3. The molecule has 1 aliphatic heterocycles. The van der Waals surface area contributed by atoms with E-state index in [0.29, 0.717) is 6.04 Å². The normalized spacial score (nSPS) is 24.5. The number of hydrogen-bond acceptors (Lipinski definition) is 7. The van der Waals surface area contributed by atoms with Crippen LogP contribution in [0.2, 0.25) is 0 Å². The van der Waals surface area contributed by atoms with Crippen molar-refractivity contribution in [3.63, 3.8) is 0 Å². The molecular formula is C15H28N6O2S. The topological polar surface area (TPSA) is 99.2 Å². The molecule has 1 saturated heterocycles. The zero-order valence-corrected chi connectivity index (χ0v) is 15.5. The SMILES string of the molecule is CC(N[C@H]1CCNC[C@@H]1N(C)C)[C@H](C)S(=O)(=O)Nc1ccncn1. The summed E-state index contributed by atoms with van der Waals surface area (Å²) in [6.07, 6.45) is 3.80. The van der Waals surface area contributed by atoms with E-state index in [2.05, 4.69) is 30.2 Å². The molecule has 1 aliphatic rings. The molecule has 1 aromatic rings. The van der Waals surface area contributed by atoms with E-state index < -0.39 is 15.3 Å². The third kappa shape index (κ3) is 4.85. The maximum Gasteiger partial charge on any atom is 0.238 e. The Bertz CT molecular complexity index is 610. The van der Waals surface area contributed by atoms with Crippen LogP contribution in [0.15, 0.2) is 18.6 Å². The smallest absolute Gasteiger partial charge is 0.238 e. The largest absolute Gasteiger partial charge is 0.315 e. The molecular weight excluding hydrogens is 328 g/mol. The van der Waals surface area contributed by atoms with E-state index in [1.807, 2.05) is 21.0 Å². The van der Waals surface area contributed by atoms with Gasteiger partial charge in [-0.05, 0) is 47.0 Å². The van der Waals surface area contributed by atoms with Crippen molar-refractivity contribution in [1.29, 1.82) is 0 Å². The zero-order valence-electron chi connectivity index (χ0n) is 14.7. The van der Waals surface area contributed by atoms with Crippen molar-refractivity contribution in [3.8, 4) is 0 Å². The fourth-order valence-electron chi connectivity index (χ4n) is 2.91. The Hall–Kier alpha value is -1.29. The monoisotopic (exact) mass is 356 g/mol. The summed E-state index contributed by atoms with van der Waals surface area (Å²) in [7, 11) is 0.566. The van der Waals surface area contributed by atoms with Gasteiger partial charge in [0.2, 0.25) is 10.0 Å². The van der Waals surface area contributed by atoms with Gasteiger partial charge in [-0.3, -0.25) is 4.72 Å². The third-order valence-electron chi connectivity index (χ3n) is 4.61. The van der Waals surface area contributed by atoms with Gasteiger partial charge in [0.25, 0.3) is 0 Å². The molecule has 3 N–H and O–H groups in total. The van der Waals surface area contributed by atoms with Gasteiger partial charge in [-0.1, -0.05) is 0 Å². The summed E-state index contributed by atoms with van der Waals surface area (Å²) in [5.41, 5.74) is 0. The summed E-state index contributed by atoms with van der Waals surface area (Å²) < 4.78 is 27.7. The molecule has 1 aromatic heterocycles. The van der Waals surface area contributed by atoms with Crippen LogP contribution < -0.4 is 15.4 Å². The van der Waals surface area contributed by atoms with Gasteiger partial charge in [-0.2, -0.15) is 0 Å².